The molecule has 1 fully saturated rings. The van der Waals surface area contributed by atoms with Crippen molar-refractivity contribution in [2.75, 3.05) is 6.54 Å². The van der Waals surface area contributed by atoms with Crippen LogP contribution in [-0.4, -0.2) is 45.7 Å². The highest BCUT2D eigenvalue weighted by Gasteiger charge is 2.38. The smallest absolute Gasteiger partial charge is 0.326 e. The first-order chi connectivity index (χ1) is 13.6. The van der Waals surface area contributed by atoms with E-state index in [-0.39, 0.29) is 18.9 Å². The second kappa shape index (κ2) is 15.8. The van der Waals surface area contributed by atoms with Crippen LogP contribution in [0.5, 0.6) is 0 Å². The average molecular weight is 398 g/mol. The van der Waals surface area contributed by atoms with Crippen molar-refractivity contribution in [2.24, 2.45) is 0 Å². The first-order valence-electron chi connectivity index (χ1n) is 11.8. The van der Waals surface area contributed by atoms with Gasteiger partial charge < -0.3 is 15.1 Å². The summed E-state index contributed by atoms with van der Waals surface area (Å²) in [5.74, 6) is -1.14. The molecule has 0 unspecified atom stereocenters. The van der Waals surface area contributed by atoms with Crippen LogP contribution in [0, 0.1) is 0 Å². The molecular formula is C23H43NO4. The Kier molecular flexibility index (Phi) is 14.1. The maximum atomic E-state index is 12.2. The molecule has 2 atom stereocenters. The maximum Gasteiger partial charge on any atom is 0.326 e. The van der Waals surface area contributed by atoms with Crippen LogP contribution in [0.3, 0.4) is 0 Å². The number of aliphatic hydroxyl groups excluding tert-OH is 1. The lowest BCUT2D eigenvalue weighted by atomic mass is 10.0. The van der Waals surface area contributed by atoms with E-state index < -0.39 is 18.1 Å². The van der Waals surface area contributed by atoms with Crippen LogP contribution in [0.15, 0.2) is 0 Å². The molecule has 5 nitrogen and oxygen atoms in total. The standard InChI is InChI=1S/C23H43NO4/c1-2-3-4-5-6-7-8-9-10-11-12-13-14-15-16-17-22(26)24-19-20(25)18-21(24)23(27)28/h20-21,25H,2-19H2,1H3,(H,27,28)/t20-,21+/m1/s1. The number of hydrogen-bond donors (Lipinski definition) is 2. The Hall–Kier alpha value is -1.10. The number of aliphatic hydroxyl groups is 1. The number of aliphatic carboxylic acids is 1. The van der Waals surface area contributed by atoms with E-state index in [9.17, 15) is 14.7 Å². The minimum absolute atomic E-state index is 0.126. The number of carbonyl (C=O) groups is 2. The predicted molar refractivity (Wildman–Crippen MR) is 113 cm³/mol. The third-order valence-electron chi connectivity index (χ3n) is 5.88. The van der Waals surface area contributed by atoms with Crippen molar-refractivity contribution >= 4 is 11.9 Å². The number of likely N-dealkylation sites (tertiary alicyclic amines) is 1. The summed E-state index contributed by atoms with van der Waals surface area (Å²) in [6, 6.07) is -0.848. The monoisotopic (exact) mass is 397 g/mol. The summed E-state index contributed by atoms with van der Waals surface area (Å²) in [6.07, 6.45) is 19.1. The number of nitrogens with zero attached hydrogens (tertiary/aromatic N) is 1. The zero-order chi connectivity index (χ0) is 20.6. The molecule has 1 saturated heterocycles. The highest BCUT2D eigenvalue weighted by molar-refractivity contribution is 5.84. The summed E-state index contributed by atoms with van der Waals surface area (Å²) in [4.78, 5) is 24.7. The van der Waals surface area contributed by atoms with Crippen LogP contribution >= 0.6 is 0 Å². The second-order valence-electron chi connectivity index (χ2n) is 8.49. The van der Waals surface area contributed by atoms with Gasteiger partial charge in [-0.1, -0.05) is 96.8 Å². The highest BCUT2D eigenvalue weighted by atomic mass is 16.4. The van der Waals surface area contributed by atoms with Crippen molar-refractivity contribution < 1.29 is 19.8 Å². The number of β-amino-alcohol motifs (C(OH)–C–C–N with tert-alkyl or cyclic N) is 1. The molecular weight excluding hydrogens is 354 g/mol. The van der Waals surface area contributed by atoms with E-state index in [0.29, 0.717) is 6.42 Å². The molecule has 0 spiro atoms. The lowest BCUT2D eigenvalue weighted by Crippen LogP contribution is -2.40. The fraction of sp³-hybridized carbons (Fsp3) is 0.913. The lowest BCUT2D eigenvalue weighted by molar-refractivity contribution is -0.148. The van der Waals surface area contributed by atoms with Crippen LogP contribution in [0.1, 0.15) is 116 Å². The van der Waals surface area contributed by atoms with Crippen molar-refractivity contribution in [1.29, 1.82) is 0 Å². The summed E-state index contributed by atoms with van der Waals surface area (Å²) in [5, 5.41) is 18.8. The molecule has 0 radical (unpaired) electrons. The van der Waals surface area contributed by atoms with Crippen molar-refractivity contribution in [3.8, 4) is 0 Å². The van der Waals surface area contributed by atoms with Crippen molar-refractivity contribution in [1.82, 2.24) is 4.90 Å². The van der Waals surface area contributed by atoms with Gasteiger partial charge in [0.05, 0.1) is 6.10 Å². The van der Waals surface area contributed by atoms with E-state index in [0.717, 1.165) is 19.3 Å². The van der Waals surface area contributed by atoms with E-state index in [1.165, 1.54) is 81.9 Å². The van der Waals surface area contributed by atoms with Gasteiger partial charge in [0.25, 0.3) is 0 Å². The molecule has 1 heterocycles. The molecule has 1 aliphatic rings. The van der Waals surface area contributed by atoms with Crippen LogP contribution in [0.2, 0.25) is 0 Å². The zero-order valence-electron chi connectivity index (χ0n) is 18.0. The van der Waals surface area contributed by atoms with E-state index in [2.05, 4.69) is 6.92 Å². The Morgan fingerprint density at radius 1 is 0.786 bits per heavy atom. The maximum absolute atomic E-state index is 12.2. The minimum atomic E-state index is -1.01. The number of carboxylic acids is 1. The van der Waals surface area contributed by atoms with Crippen molar-refractivity contribution in [3.63, 3.8) is 0 Å². The van der Waals surface area contributed by atoms with Crippen molar-refractivity contribution in [3.05, 3.63) is 0 Å². The molecule has 0 saturated carbocycles. The quantitative estimate of drug-likeness (QED) is 0.327. The Morgan fingerprint density at radius 3 is 1.64 bits per heavy atom. The van der Waals surface area contributed by atoms with Crippen LogP contribution in [0.4, 0.5) is 0 Å². The van der Waals surface area contributed by atoms with Crippen LogP contribution in [-0.2, 0) is 9.59 Å². The van der Waals surface area contributed by atoms with Gasteiger partial charge in [-0.15, -0.1) is 0 Å². The fourth-order valence-corrected chi connectivity index (χ4v) is 4.11. The third kappa shape index (κ3) is 11.0. The normalized spacial score (nSPS) is 19.3. The van der Waals surface area contributed by atoms with E-state index in [1.54, 1.807) is 0 Å². The molecule has 0 aromatic heterocycles. The molecule has 1 aliphatic heterocycles. The summed E-state index contributed by atoms with van der Waals surface area (Å²) >= 11 is 0. The van der Waals surface area contributed by atoms with Gasteiger partial charge in [0.1, 0.15) is 6.04 Å². The Bertz CT molecular complexity index is 427. The molecule has 164 valence electrons. The van der Waals surface area contributed by atoms with E-state index in [1.807, 2.05) is 0 Å². The summed E-state index contributed by atoms with van der Waals surface area (Å²) in [5.41, 5.74) is 0. The van der Waals surface area contributed by atoms with Crippen LogP contribution < -0.4 is 0 Å². The van der Waals surface area contributed by atoms with E-state index in [4.69, 9.17) is 5.11 Å². The van der Waals surface area contributed by atoms with E-state index >= 15 is 0 Å². The highest BCUT2D eigenvalue weighted by Crippen LogP contribution is 2.20. The van der Waals surface area contributed by atoms with Crippen molar-refractivity contribution in [2.45, 2.75) is 128 Å². The fourth-order valence-electron chi connectivity index (χ4n) is 4.11. The third-order valence-corrected chi connectivity index (χ3v) is 5.88. The van der Waals surface area contributed by atoms with Gasteiger partial charge >= 0.3 is 5.97 Å². The number of unbranched alkanes of at least 4 members (excludes halogenated alkanes) is 14. The molecule has 1 amide bonds. The molecule has 0 aromatic rings. The summed E-state index contributed by atoms with van der Waals surface area (Å²) < 4.78 is 0. The van der Waals surface area contributed by atoms with Crippen LogP contribution in [0.25, 0.3) is 0 Å². The van der Waals surface area contributed by atoms with Gasteiger partial charge in [0.2, 0.25) is 5.91 Å². The number of rotatable bonds is 17. The van der Waals surface area contributed by atoms with Gasteiger partial charge in [0, 0.05) is 19.4 Å². The first kappa shape index (κ1) is 24.9. The largest absolute Gasteiger partial charge is 0.480 e. The molecule has 0 bridgehead atoms. The van der Waals surface area contributed by atoms with Gasteiger partial charge in [0.15, 0.2) is 0 Å². The average Bonchev–Trinajstić information content (AvgIpc) is 3.07. The second-order valence-corrected chi connectivity index (χ2v) is 8.49. The van der Waals surface area contributed by atoms with Gasteiger partial charge in [-0.25, -0.2) is 4.79 Å². The Labute approximate surface area is 171 Å². The molecule has 28 heavy (non-hydrogen) atoms. The Balaban J connectivity index is 1.89. The Morgan fingerprint density at radius 2 is 1.21 bits per heavy atom. The van der Waals surface area contributed by atoms with Gasteiger partial charge in [-0.2, -0.15) is 0 Å². The topological polar surface area (TPSA) is 77.8 Å². The molecule has 5 heteroatoms. The number of carboxylic acid groups (broad SMARTS) is 1. The molecule has 0 aromatic carbocycles. The first-order valence-corrected chi connectivity index (χ1v) is 11.8. The number of hydrogen-bond acceptors (Lipinski definition) is 3. The zero-order valence-corrected chi connectivity index (χ0v) is 18.0. The lowest BCUT2D eigenvalue weighted by Gasteiger charge is -2.21. The SMILES string of the molecule is CCCCCCCCCCCCCCCCCC(=O)N1C[C@H](O)C[C@H]1C(=O)O. The number of carbonyl (C=O) groups excluding carboxylic acids is 1. The van der Waals surface area contributed by atoms with Gasteiger partial charge in [-0.3, -0.25) is 4.79 Å². The molecule has 2 N–H and O–H groups in total. The predicted octanol–water partition coefficient (Wildman–Crippen LogP) is 5.29. The number of amides is 1. The van der Waals surface area contributed by atoms with Gasteiger partial charge in [-0.05, 0) is 6.42 Å². The molecule has 1 rings (SSSR count). The summed E-state index contributed by atoms with van der Waals surface area (Å²) in [7, 11) is 0. The summed E-state index contributed by atoms with van der Waals surface area (Å²) in [6.45, 7) is 2.42. The minimum Gasteiger partial charge on any atom is -0.480 e. The molecule has 0 aliphatic carbocycles.